The van der Waals surface area contributed by atoms with Gasteiger partial charge in [0.15, 0.2) is 0 Å². The molecule has 0 aliphatic carbocycles. The molecule has 0 aliphatic heterocycles. The average Bonchev–Trinajstić information content (AvgIpc) is 2.95. The van der Waals surface area contributed by atoms with Gasteiger partial charge in [-0.2, -0.15) is 4.31 Å². The maximum Gasteiger partial charge on any atom is 0.307 e. The van der Waals surface area contributed by atoms with E-state index in [4.69, 9.17) is 5.11 Å². The van der Waals surface area contributed by atoms with Crippen LogP contribution in [0.15, 0.2) is 16.3 Å². The first-order valence-electron chi connectivity index (χ1n) is 8.08. The zero-order valence-corrected chi connectivity index (χ0v) is 16.6. The lowest BCUT2D eigenvalue weighted by Crippen LogP contribution is -2.33. The predicted octanol–water partition coefficient (Wildman–Crippen LogP) is 1.79. The molecule has 0 bridgehead atoms. The van der Waals surface area contributed by atoms with Gasteiger partial charge in [-0.1, -0.05) is 20.8 Å². The maximum absolute atomic E-state index is 12.5. The third kappa shape index (κ3) is 6.75. The molecule has 25 heavy (non-hydrogen) atoms. The summed E-state index contributed by atoms with van der Waals surface area (Å²) in [6.07, 6.45) is 1.02. The van der Waals surface area contributed by atoms with Crippen LogP contribution >= 0.6 is 11.3 Å². The van der Waals surface area contributed by atoms with E-state index in [-0.39, 0.29) is 16.7 Å². The molecule has 1 rings (SSSR count). The van der Waals surface area contributed by atoms with Crippen molar-refractivity contribution in [3.05, 3.63) is 17.0 Å². The Hall–Kier alpha value is -1.45. The van der Waals surface area contributed by atoms with Gasteiger partial charge in [-0.15, -0.1) is 11.3 Å². The summed E-state index contributed by atoms with van der Waals surface area (Å²) in [5.41, 5.74) is 0. The fourth-order valence-electron chi connectivity index (χ4n) is 2.11. The third-order valence-corrected chi connectivity index (χ3v) is 6.98. The molecule has 0 saturated carbocycles. The van der Waals surface area contributed by atoms with Crippen LogP contribution in [0.5, 0.6) is 0 Å². The molecule has 1 unspecified atom stereocenters. The molecule has 7 nitrogen and oxygen atoms in total. The fourth-order valence-corrected chi connectivity index (χ4v) is 4.94. The Morgan fingerprint density at radius 3 is 2.48 bits per heavy atom. The summed E-state index contributed by atoms with van der Waals surface area (Å²) in [6, 6.07) is 3.24. The maximum atomic E-state index is 12.5. The van der Waals surface area contributed by atoms with Gasteiger partial charge in [0.1, 0.15) is 4.21 Å². The normalized spacial score (nSPS) is 13.2. The lowest BCUT2D eigenvalue weighted by Gasteiger charge is -2.18. The molecule has 1 aromatic rings. The molecule has 9 heteroatoms. The molecule has 0 aromatic carbocycles. The van der Waals surface area contributed by atoms with E-state index in [1.807, 2.05) is 13.8 Å². The molecule has 0 aliphatic rings. The largest absolute Gasteiger partial charge is 0.481 e. The second-order valence-electron chi connectivity index (χ2n) is 6.44. The molecule has 0 saturated heterocycles. The summed E-state index contributed by atoms with van der Waals surface area (Å²) in [5, 5.41) is 11.7. The van der Waals surface area contributed by atoms with Crippen molar-refractivity contribution < 1.29 is 23.1 Å². The van der Waals surface area contributed by atoms with Crippen LogP contribution in [0.4, 0.5) is 0 Å². The number of carboxylic acids is 1. The second-order valence-corrected chi connectivity index (χ2v) is 9.88. The SMILES string of the molecule is CC(C)CC(=O)NCCc1ccc(S(=O)(=O)N(C)CC(C)C(=O)O)s1. The van der Waals surface area contributed by atoms with Crippen LogP contribution in [0.25, 0.3) is 0 Å². The van der Waals surface area contributed by atoms with E-state index in [9.17, 15) is 18.0 Å². The Morgan fingerprint density at radius 1 is 1.28 bits per heavy atom. The number of sulfonamides is 1. The molecular formula is C16H26N2O5S2. The summed E-state index contributed by atoms with van der Waals surface area (Å²) in [4.78, 5) is 23.3. The predicted molar refractivity (Wildman–Crippen MR) is 97.1 cm³/mol. The van der Waals surface area contributed by atoms with Crippen LogP contribution < -0.4 is 5.32 Å². The highest BCUT2D eigenvalue weighted by atomic mass is 32.2. The van der Waals surface area contributed by atoms with Crippen molar-refractivity contribution in [1.29, 1.82) is 0 Å². The Bertz CT molecular complexity index is 697. The number of amides is 1. The fraction of sp³-hybridized carbons (Fsp3) is 0.625. The molecule has 0 fully saturated rings. The number of nitrogens with zero attached hydrogens (tertiary/aromatic N) is 1. The minimum absolute atomic E-state index is 0.0122. The van der Waals surface area contributed by atoms with Gasteiger partial charge >= 0.3 is 5.97 Å². The number of carboxylic acid groups (broad SMARTS) is 1. The number of aliphatic carboxylic acids is 1. The van der Waals surface area contributed by atoms with Gasteiger partial charge in [-0.3, -0.25) is 9.59 Å². The van der Waals surface area contributed by atoms with Crippen molar-refractivity contribution in [3.8, 4) is 0 Å². The molecule has 0 spiro atoms. The van der Waals surface area contributed by atoms with Gasteiger partial charge in [-0.25, -0.2) is 8.42 Å². The van der Waals surface area contributed by atoms with Crippen molar-refractivity contribution in [2.45, 2.75) is 37.8 Å². The summed E-state index contributed by atoms with van der Waals surface area (Å²) >= 11 is 1.14. The van der Waals surface area contributed by atoms with Crippen LogP contribution in [0.1, 0.15) is 32.1 Å². The van der Waals surface area contributed by atoms with Gasteiger partial charge in [0, 0.05) is 31.4 Å². The van der Waals surface area contributed by atoms with E-state index < -0.39 is 21.9 Å². The van der Waals surface area contributed by atoms with Gasteiger partial charge < -0.3 is 10.4 Å². The quantitative estimate of drug-likeness (QED) is 0.634. The highest BCUT2D eigenvalue weighted by molar-refractivity contribution is 7.91. The summed E-state index contributed by atoms with van der Waals surface area (Å²) < 4.78 is 26.2. The van der Waals surface area contributed by atoms with E-state index in [1.165, 1.54) is 20.0 Å². The van der Waals surface area contributed by atoms with Crippen LogP contribution in [0.3, 0.4) is 0 Å². The van der Waals surface area contributed by atoms with E-state index in [1.54, 1.807) is 6.07 Å². The van der Waals surface area contributed by atoms with Gasteiger partial charge in [0.25, 0.3) is 10.0 Å². The first-order chi connectivity index (χ1) is 11.5. The zero-order chi connectivity index (χ0) is 19.2. The first-order valence-corrected chi connectivity index (χ1v) is 10.3. The van der Waals surface area contributed by atoms with Crippen molar-refractivity contribution in [2.75, 3.05) is 20.1 Å². The van der Waals surface area contributed by atoms with Gasteiger partial charge in [0.2, 0.25) is 5.91 Å². The topological polar surface area (TPSA) is 104 Å². The Balaban J connectivity index is 2.63. The monoisotopic (exact) mass is 390 g/mol. The number of hydrogen-bond donors (Lipinski definition) is 2. The summed E-state index contributed by atoms with van der Waals surface area (Å²) in [7, 11) is -2.33. The Kier molecular flexibility index (Phi) is 8.04. The molecular weight excluding hydrogens is 364 g/mol. The first kappa shape index (κ1) is 21.6. The van der Waals surface area contributed by atoms with Gasteiger partial charge in [-0.05, 0) is 24.5 Å². The number of nitrogens with one attached hydrogen (secondary N) is 1. The Labute approximate surface area is 153 Å². The smallest absolute Gasteiger partial charge is 0.307 e. The van der Waals surface area contributed by atoms with E-state index in [2.05, 4.69) is 5.32 Å². The van der Waals surface area contributed by atoms with Crippen molar-refractivity contribution in [2.24, 2.45) is 11.8 Å². The number of thiophene rings is 1. The van der Waals surface area contributed by atoms with Crippen LogP contribution in [0, 0.1) is 11.8 Å². The van der Waals surface area contributed by atoms with Crippen LogP contribution in [-0.4, -0.2) is 49.8 Å². The standard InChI is InChI=1S/C16H26N2O5S2/c1-11(2)9-14(19)17-8-7-13-5-6-15(24-13)25(22,23)18(4)10-12(3)16(20)21/h5-6,11-12H,7-10H2,1-4H3,(H,17,19)(H,20,21). The van der Waals surface area contributed by atoms with E-state index in [0.717, 1.165) is 20.5 Å². The number of hydrogen-bond acceptors (Lipinski definition) is 5. The highest BCUT2D eigenvalue weighted by Crippen LogP contribution is 2.25. The number of carbonyl (C=O) groups excluding carboxylic acids is 1. The lowest BCUT2D eigenvalue weighted by molar-refractivity contribution is -0.141. The number of rotatable bonds is 10. The lowest BCUT2D eigenvalue weighted by atomic mass is 10.1. The molecule has 1 heterocycles. The average molecular weight is 391 g/mol. The second kappa shape index (κ2) is 9.30. The van der Waals surface area contributed by atoms with Crippen molar-refractivity contribution >= 4 is 33.2 Å². The van der Waals surface area contributed by atoms with Crippen molar-refractivity contribution in [1.82, 2.24) is 9.62 Å². The van der Waals surface area contributed by atoms with Crippen LogP contribution in [0.2, 0.25) is 0 Å². The minimum atomic E-state index is -3.70. The summed E-state index contributed by atoms with van der Waals surface area (Å²) in [6.45, 7) is 5.77. The summed E-state index contributed by atoms with van der Waals surface area (Å²) in [5.74, 6) is -1.54. The molecule has 1 atom stereocenters. The molecule has 0 radical (unpaired) electrons. The molecule has 1 amide bonds. The van der Waals surface area contributed by atoms with Crippen LogP contribution in [-0.2, 0) is 26.0 Å². The van der Waals surface area contributed by atoms with E-state index >= 15 is 0 Å². The molecule has 142 valence electrons. The number of carbonyl (C=O) groups is 2. The highest BCUT2D eigenvalue weighted by Gasteiger charge is 2.26. The minimum Gasteiger partial charge on any atom is -0.481 e. The van der Waals surface area contributed by atoms with E-state index in [0.29, 0.717) is 25.3 Å². The Morgan fingerprint density at radius 2 is 1.92 bits per heavy atom. The van der Waals surface area contributed by atoms with Crippen molar-refractivity contribution in [3.63, 3.8) is 0 Å². The molecule has 2 N–H and O–H groups in total. The molecule has 1 aromatic heterocycles. The third-order valence-electron chi connectivity index (χ3n) is 3.54. The zero-order valence-electron chi connectivity index (χ0n) is 15.0. The van der Waals surface area contributed by atoms with Gasteiger partial charge in [0.05, 0.1) is 5.92 Å².